The zero-order chi connectivity index (χ0) is 22.5. The first-order valence-electron chi connectivity index (χ1n) is 10.2. The van der Waals surface area contributed by atoms with Crippen LogP contribution in [0.4, 0.5) is 10.5 Å². The lowest BCUT2D eigenvalue weighted by atomic mass is 9.88. The monoisotopic (exact) mass is 435 g/mol. The molecule has 0 aliphatic carbocycles. The molecule has 0 radical (unpaired) electrons. The Balaban J connectivity index is 1.65. The van der Waals surface area contributed by atoms with E-state index in [0.29, 0.717) is 10.6 Å². The van der Waals surface area contributed by atoms with Crippen LogP contribution in [0.5, 0.6) is 0 Å². The lowest BCUT2D eigenvalue weighted by Crippen LogP contribution is -2.42. The summed E-state index contributed by atoms with van der Waals surface area (Å²) >= 11 is 6.58. The van der Waals surface area contributed by atoms with E-state index in [0.717, 1.165) is 28.0 Å². The van der Waals surface area contributed by atoms with Gasteiger partial charge in [-0.25, -0.2) is 4.79 Å². The summed E-state index contributed by atoms with van der Waals surface area (Å²) in [5.74, 6) is -0.357. The summed E-state index contributed by atoms with van der Waals surface area (Å²) in [6.45, 7) is 8.60. The predicted molar refractivity (Wildman–Crippen MR) is 126 cm³/mol. The fraction of sp³-hybridized carbons (Fsp3) is 0.280. The van der Waals surface area contributed by atoms with Crippen molar-refractivity contribution in [2.75, 3.05) is 11.9 Å². The fourth-order valence-electron chi connectivity index (χ4n) is 4.05. The average molecular weight is 436 g/mol. The van der Waals surface area contributed by atoms with E-state index in [4.69, 9.17) is 11.6 Å². The minimum absolute atomic E-state index is 0.119. The van der Waals surface area contributed by atoms with Crippen LogP contribution in [0.15, 0.2) is 48.2 Å². The molecular formula is C25H26ClN3O2. The van der Waals surface area contributed by atoms with Gasteiger partial charge in [-0.1, -0.05) is 47.5 Å². The molecule has 0 aromatic heterocycles. The van der Waals surface area contributed by atoms with E-state index in [-0.39, 0.29) is 23.7 Å². The zero-order valence-corrected chi connectivity index (χ0v) is 19.2. The summed E-state index contributed by atoms with van der Waals surface area (Å²) in [6, 6.07) is 11.2. The number of rotatable bonds is 3. The van der Waals surface area contributed by atoms with Gasteiger partial charge < -0.3 is 10.2 Å². The van der Waals surface area contributed by atoms with E-state index in [1.165, 1.54) is 4.90 Å². The molecule has 0 saturated carbocycles. The van der Waals surface area contributed by atoms with E-state index in [2.05, 4.69) is 37.1 Å². The highest BCUT2D eigenvalue weighted by Crippen LogP contribution is 2.41. The molecule has 3 amide bonds. The van der Waals surface area contributed by atoms with Crippen molar-refractivity contribution < 1.29 is 9.59 Å². The van der Waals surface area contributed by atoms with Gasteiger partial charge in [-0.2, -0.15) is 0 Å². The third kappa shape index (κ3) is 3.86. The van der Waals surface area contributed by atoms with Crippen molar-refractivity contribution in [3.63, 3.8) is 0 Å². The molecule has 1 N–H and O–H groups in total. The van der Waals surface area contributed by atoms with Gasteiger partial charge in [0.05, 0.1) is 12.1 Å². The number of urea groups is 1. The third-order valence-electron chi connectivity index (χ3n) is 6.06. The van der Waals surface area contributed by atoms with Crippen LogP contribution in [0.2, 0.25) is 5.02 Å². The van der Waals surface area contributed by atoms with Crippen molar-refractivity contribution in [2.45, 2.75) is 39.8 Å². The van der Waals surface area contributed by atoms with Crippen molar-refractivity contribution in [1.82, 2.24) is 10.2 Å². The number of nitrogens with one attached hydrogen (secondary N) is 1. The first-order chi connectivity index (χ1) is 14.6. The molecule has 1 saturated heterocycles. The van der Waals surface area contributed by atoms with Gasteiger partial charge in [0.15, 0.2) is 0 Å². The molecule has 160 valence electrons. The SMILES string of the molecule is CC1=CC(C)(C)N(C)c2cc(Cl)c(/C=C3\NC(=O)N(Cc4ccc(C)cc4)C3=O)cc21. The van der Waals surface area contributed by atoms with Crippen molar-refractivity contribution in [1.29, 1.82) is 0 Å². The van der Waals surface area contributed by atoms with Gasteiger partial charge in [-0.05, 0) is 62.6 Å². The number of allylic oxidation sites excluding steroid dienone is 1. The molecule has 2 heterocycles. The molecule has 0 spiro atoms. The highest BCUT2D eigenvalue weighted by molar-refractivity contribution is 6.32. The van der Waals surface area contributed by atoms with E-state index < -0.39 is 6.03 Å². The molecule has 6 heteroatoms. The second-order valence-electron chi connectivity index (χ2n) is 8.80. The minimum atomic E-state index is -0.427. The number of fused-ring (bicyclic) bond motifs is 1. The Kier molecular flexibility index (Phi) is 5.18. The quantitative estimate of drug-likeness (QED) is 0.520. The van der Waals surface area contributed by atoms with Crippen molar-refractivity contribution in [2.24, 2.45) is 0 Å². The van der Waals surface area contributed by atoms with Crippen LogP contribution in [-0.4, -0.2) is 29.4 Å². The number of halogens is 1. The van der Waals surface area contributed by atoms with Crippen molar-refractivity contribution in [3.05, 3.63) is 75.4 Å². The molecule has 5 nitrogen and oxygen atoms in total. The number of nitrogens with zero attached hydrogens (tertiary/aromatic N) is 2. The molecular weight excluding hydrogens is 410 g/mol. The maximum Gasteiger partial charge on any atom is 0.329 e. The second-order valence-corrected chi connectivity index (χ2v) is 9.20. The van der Waals surface area contributed by atoms with Crippen LogP contribution in [0.25, 0.3) is 11.6 Å². The third-order valence-corrected chi connectivity index (χ3v) is 6.39. The molecule has 2 aliphatic rings. The number of benzene rings is 2. The predicted octanol–water partition coefficient (Wildman–Crippen LogP) is 5.37. The van der Waals surface area contributed by atoms with Gasteiger partial charge in [0, 0.05) is 23.3 Å². The minimum Gasteiger partial charge on any atom is -0.365 e. The maximum absolute atomic E-state index is 12.9. The van der Waals surface area contributed by atoms with Crippen molar-refractivity contribution in [3.8, 4) is 0 Å². The Morgan fingerprint density at radius 1 is 1.10 bits per heavy atom. The number of hydrogen-bond acceptors (Lipinski definition) is 3. The molecule has 2 aromatic rings. The molecule has 0 bridgehead atoms. The van der Waals surface area contributed by atoms with Crippen LogP contribution in [0.1, 0.15) is 43.0 Å². The Hall–Kier alpha value is -3.05. The van der Waals surface area contributed by atoms with Crippen molar-refractivity contribution >= 4 is 40.9 Å². The summed E-state index contributed by atoms with van der Waals surface area (Å²) < 4.78 is 0. The molecule has 0 unspecified atom stereocenters. The molecule has 0 atom stereocenters. The lowest BCUT2D eigenvalue weighted by Gasteiger charge is -2.40. The summed E-state index contributed by atoms with van der Waals surface area (Å²) in [6.07, 6.45) is 3.87. The second kappa shape index (κ2) is 7.57. The van der Waals surface area contributed by atoms with Crippen LogP contribution in [0, 0.1) is 6.92 Å². The Morgan fingerprint density at radius 3 is 2.45 bits per heavy atom. The largest absolute Gasteiger partial charge is 0.365 e. The van der Waals surface area contributed by atoms with Gasteiger partial charge >= 0.3 is 6.03 Å². The van der Waals surface area contributed by atoms with Gasteiger partial charge in [-0.3, -0.25) is 9.69 Å². The van der Waals surface area contributed by atoms with E-state index in [1.807, 2.05) is 50.4 Å². The van der Waals surface area contributed by atoms with Gasteiger partial charge in [0.2, 0.25) is 0 Å². The fourth-order valence-corrected chi connectivity index (χ4v) is 4.26. The number of imide groups is 1. The highest BCUT2D eigenvalue weighted by Gasteiger charge is 2.34. The smallest absolute Gasteiger partial charge is 0.329 e. The highest BCUT2D eigenvalue weighted by atomic mass is 35.5. The normalized spacial score (nSPS) is 18.9. The molecule has 4 rings (SSSR count). The van der Waals surface area contributed by atoms with Gasteiger partial charge in [-0.15, -0.1) is 0 Å². The topological polar surface area (TPSA) is 52.7 Å². The molecule has 2 aliphatic heterocycles. The Bertz CT molecular complexity index is 1150. The summed E-state index contributed by atoms with van der Waals surface area (Å²) in [4.78, 5) is 28.7. The van der Waals surface area contributed by atoms with Crippen LogP contribution in [0.3, 0.4) is 0 Å². The van der Waals surface area contributed by atoms with E-state index >= 15 is 0 Å². The number of amides is 3. The number of anilines is 1. The van der Waals surface area contributed by atoms with Crippen LogP contribution < -0.4 is 10.2 Å². The van der Waals surface area contributed by atoms with Crippen LogP contribution in [-0.2, 0) is 11.3 Å². The molecule has 31 heavy (non-hydrogen) atoms. The Morgan fingerprint density at radius 2 is 1.77 bits per heavy atom. The van der Waals surface area contributed by atoms with E-state index in [1.54, 1.807) is 6.08 Å². The number of aryl methyl sites for hydroxylation is 1. The summed E-state index contributed by atoms with van der Waals surface area (Å²) in [7, 11) is 2.04. The number of hydrogen-bond donors (Lipinski definition) is 1. The van der Waals surface area contributed by atoms with Gasteiger partial charge in [0.1, 0.15) is 5.70 Å². The number of likely N-dealkylation sites (N-methyl/N-ethyl adjacent to an activating group) is 1. The summed E-state index contributed by atoms with van der Waals surface area (Å²) in [5, 5.41) is 3.22. The van der Waals surface area contributed by atoms with Gasteiger partial charge in [0.25, 0.3) is 5.91 Å². The van der Waals surface area contributed by atoms with Crippen LogP contribution >= 0.6 is 11.6 Å². The molecule has 2 aromatic carbocycles. The number of carbonyl (C=O) groups excluding carboxylic acids is 2. The maximum atomic E-state index is 12.9. The average Bonchev–Trinajstić information content (AvgIpc) is 2.96. The Labute approximate surface area is 188 Å². The number of carbonyl (C=O) groups is 2. The lowest BCUT2D eigenvalue weighted by molar-refractivity contribution is -0.123. The zero-order valence-electron chi connectivity index (χ0n) is 18.4. The first kappa shape index (κ1) is 21.2. The first-order valence-corrected chi connectivity index (χ1v) is 10.6. The molecule has 1 fully saturated rings. The van der Waals surface area contributed by atoms with E-state index in [9.17, 15) is 9.59 Å². The summed E-state index contributed by atoms with van der Waals surface area (Å²) in [5.41, 5.74) is 6.08. The standard InChI is InChI=1S/C25H26ClN3O2/c1-15-6-8-17(9-7-15)14-29-23(30)21(27-24(29)31)11-18-10-19-16(2)13-25(3,4)28(5)22(19)12-20(18)26/h6-13H,14H2,1-5H3,(H,27,31)/b21-11-.